The molecule has 1 heterocycles. The van der Waals surface area contributed by atoms with Gasteiger partial charge >= 0.3 is 0 Å². The lowest BCUT2D eigenvalue weighted by molar-refractivity contribution is 0.174. The summed E-state index contributed by atoms with van der Waals surface area (Å²) in [7, 11) is 0. The van der Waals surface area contributed by atoms with E-state index in [1.165, 1.54) is 0 Å². The van der Waals surface area contributed by atoms with Crippen LogP contribution in [0.5, 0.6) is 11.5 Å². The van der Waals surface area contributed by atoms with Gasteiger partial charge in [0.05, 0.1) is 6.07 Å². The minimum atomic E-state index is -0.356. The highest BCUT2D eigenvalue weighted by Crippen LogP contribution is 2.35. The summed E-state index contributed by atoms with van der Waals surface area (Å²) in [5.74, 6) is 1.41. The summed E-state index contributed by atoms with van der Waals surface area (Å²) < 4.78 is 10.6. The first-order valence-corrected chi connectivity index (χ1v) is 6.05. The lowest BCUT2D eigenvalue weighted by atomic mass is 10.1. The smallest absolute Gasteiger partial charge is 0.231 e. The van der Waals surface area contributed by atoms with E-state index in [2.05, 4.69) is 19.2 Å². The van der Waals surface area contributed by atoms with Gasteiger partial charge in [0.15, 0.2) is 11.5 Å². The molecule has 1 aromatic rings. The number of ether oxygens (including phenoxy) is 2. The maximum atomic E-state index is 9.42. The van der Waals surface area contributed by atoms with E-state index in [9.17, 15) is 5.26 Å². The molecule has 1 unspecified atom stereocenters. The Morgan fingerprint density at radius 3 is 2.58 bits per heavy atom. The fourth-order valence-corrected chi connectivity index (χ4v) is 2.07. The maximum absolute atomic E-state index is 9.42. The molecular weight excluding hydrogens is 240 g/mol. The molecule has 98 valence electrons. The van der Waals surface area contributed by atoms with Crippen molar-refractivity contribution in [2.45, 2.75) is 6.04 Å². The van der Waals surface area contributed by atoms with Crippen LogP contribution in [0.15, 0.2) is 43.5 Å². The Balaban J connectivity index is 2.27. The molecule has 0 bridgehead atoms. The van der Waals surface area contributed by atoms with Crippen molar-refractivity contribution in [3.8, 4) is 17.6 Å². The van der Waals surface area contributed by atoms with Crippen LogP contribution < -0.4 is 9.47 Å². The summed E-state index contributed by atoms with van der Waals surface area (Å²) in [6.07, 6.45) is 3.56. The zero-order valence-corrected chi connectivity index (χ0v) is 10.7. The second-order valence-corrected chi connectivity index (χ2v) is 4.18. The van der Waals surface area contributed by atoms with Crippen molar-refractivity contribution in [2.24, 2.45) is 0 Å². The van der Waals surface area contributed by atoms with Gasteiger partial charge in [0, 0.05) is 13.1 Å². The molecule has 0 radical (unpaired) electrons. The molecular formula is C15H16N2O2. The second-order valence-electron chi connectivity index (χ2n) is 4.18. The minimum Gasteiger partial charge on any atom is -0.454 e. The topological polar surface area (TPSA) is 45.5 Å². The Labute approximate surface area is 113 Å². The van der Waals surface area contributed by atoms with Crippen molar-refractivity contribution in [2.75, 3.05) is 19.9 Å². The van der Waals surface area contributed by atoms with Crippen LogP contribution >= 0.6 is 0 Å². The molecule has 0 aliphatic carbocycles. The molecule has 0 spiro atoms. The van der Waals surface area contributed by atoms with Crippen molar-refractivity contribution in [1.29, 1.82) is 5.26 Å². The average Bonchev–Trinajstić information content (AvgIpc) is 2.87. The van der Waals surface area contributed by atoms with Crippen LogP contribution in [0.3, 0.4) is 0 Å². The normalized spacial score (nSPS) is 13.9. The standard InChI is InChI=1S/C15H16N2O2/c1-3-7-17(8-4-2)13(10-16)12-5-6-14-15(9-12)19-11-18-14/h3-6,9,13H,1-2,7-8,11H2. The summed E-state index contributed by atoms with van der Waals surface area (Å²) in [6.45, 7) is 8.92. The van der Waals surface area contributed by atoms with Crippen molar-refractivity contribution < 1.29 is 9.47 Å². The molecule has 2 rings (SSSR count). The van der Waals surface area contributed by atoms with Gasteiger partial charge < -0.3 is 9.47 Å². The van der Waals surface area contributed by atoms with Crippen molar-refractivity contribution >= 4 is 0 Å². The molecule has 1 aromatic carbocycles. The van der Waals surface area contributed by atoms with Gasteiger partial charge in [0.2, 0.25) is 6.79 Å². The highest BCUT2D eigenvalue weighted by atomic mass is 16.7. The predicted molar refractivity (Wildman–Crippen MR) is 72.9 cm³/mol. The van der Waals surface area contributed by atoms with Crippen molar-refractivity contribution in [1.82, 2.24) is 4.90 Å². The van der Waals surface area contributed by atoms with Crippen LogP contribution in [-0.4, -0.2) is 24.8 Å². The SMILES string of the molecule is C=CCN(CC=C)C(C#N)c1ccc2c(c1)OCO2. The third-order valence-corrected chi connectivity index (χ3v) is 2.93. The number of nitrogens with zero attached hydrogens (tertiary/aromatic N) is 2. The zero-order valence-electron chi connectivity index (χ0n) is 10.7. The van der Waals surface area contributed by atoms with Crippen LogP contribution in [-0.2, 0) is 0 Å². The molecule has 19 heavy (non-hydrogen) atoms. The summed E-state index contributed by atoms with van der Waals surface area (Å²) in [5.41, 5.74) is 0.885. The lowest BCUT2D eigenvalue weighted by Gasteiger charge is -2.24. The fraction of sp³-hybridized carbons (Fsp3) is 0.267. The monoisotopic (exact) mass is 256 g/mol. The predicted octanol–water partition coefficient (Wildman–Crippen LogP) is 2.65. The Morgan fingerprint density at radius 1 is 1.26 bits per heavy atom. The van der Waals surface area contributed by atoms with E-state index < -0.39 is 0 Å². The van der Waals surface area contributed by atoms with Gasteiger partial charge in [-0.15, -0.1) is 13.2 Å². The third kappa shape index (κ3) is 2.78. The maximum Gasteiger partial charge on any atom is 0.231 e. The highest BCUT2D eigenvalue weighted by Gasteiger charge is 2.21. The van der Waals surface area contributed by atoms with Gasteiger partial charge in [0.1, 0.15) is 6.04 Å². The van der Waals surface area contributed by atoms with Crippen LogP contribution in [0.25, 0.3) is 0 Å². The summed E-state index contributed by atoms with van der Waals surface area (Å²) >= 11 is 0. The van der Waals surface area contributed by atoms with Crippen molar-refractivity contribution in [3.63, 3.8) is 0 Å². The summed E-state index contributed by atoms with van der Waals surface area (Å²) in [5, 5.41) is 9.42. The molecule has 4 nitrogen and oxygen atoms in total. The molecule has 0 N–H and O–H groups in total. The first-order valence-electron chi connectivity index (χ1n) is 6.05. The number of hydrogen-bond acceptors (Lipinski definition) is 4. The molecule has 0 saturated heterocycles. The molecule has 0 amide bonds. The van der Waals surface area contributed by atoms with Gasteiger partial charge in [-0.1, -0.05) is 18.2 Å². The van der Waals surface area contributed by atoms with E-state index >= 15 is 0 Å². The number of hydrogen-bond donors (Lipinski definition) is 0. The molecule has 0 aromatic heterocycles. The number of nitriles is 1. The molecule has 0 saturated carbocycles. The summed E-state index contributed by atoms with van der Waals surface area (Å²) in [4.78, 5) is 1.98. The van der Waals surface area contributed by atoms with Gasteiger partial charge in [-0.25, -0.2) is 0 Å². The van der Waals surface area contributed by atoms with E-state index in [0.29, 0.717) is 18.8 Å². The number of benzene rings is 1. The first-order chi connectivity index (χ1) is 9.30. The van der Waals surface area contributed by atoms with Crippen molar-refractivity contribution in [3.05, 3.63) is 49.1 Å². The van der Waals surface area contributed by atoms with E-state index in [0.717, 1.165) is 11.3 Å². The Morgan fingerprint density at radius 2 is 1.95 bits per heavy atom. The quantitative estimate of drug-likeness (QED) is 0.734. The van der Waals surface area contributed by atoms with Gasteiger partial charge in [-0.2, -0.15) is 5.26 Å². The van der Waals surface area contributed by atoms with Gasteiger partial charge in [0.25, 0.3) is 0 Å². The summed E-state index contributed by atoms with van der Waals surface area (Å²) in [6, 6.07) is 7.54. The molecule has 0 fully saturated rings. The van der Waals surface area contributed by atoms with E-state index in [-0.39, 0.29) is 12.8 Å². The highest BCUT2D eigenvalue weighted by molar-refractivity contribution is 5.46. The molecule has 1 aliphatic heterocycles. The van der Waals surface area contributed by atoms with Crippen LogP contribution in [0.1, 0.15) is 11.6 Å². The third-order valence-electron chi connectivity index (χ3n) is 2.93. The second kappa shape index (κ2) is 6.07. The Kier molecular flexibility index (Phi) is 4.22. The fourth-order valence-electron chi connectivity index (χ4n) is 2.07. The zero-order chi connectivity index (χ0) is 13.7. The van der Waals surface area contributed by atoms with E-state index in [1.807, 2.05) is 23.1 Å². The molecule has 4 heteroatoms. The van der Waals surface area contributed by atoms with Crippen LogP contribution in [0.2, 0.25) is 0 Å². The van der Waals surface area contributed by atoms with E-state index in [4.69, 9.17) is 9.47 Å². The van der Waals surface area contributed by atoms with Gasteiger partial charge in [-0.3, -0.25) is 4.90 Å². The van der Waals surface area contributed by atoms with E-state index in [1.54, 1.807) is 12.2 Å². The Bertz CT molecular complexity index is 509. The first kappa shape index (κ1) is 13.2. The molecule has 1 aliphatic rings. The number of fused-ring (bicyclic) bond motifs is 1. The average molecular weight is 256 g/mol. The van der Waals surface area contributed by atoms with Gasteiger partial charge in [-0.05, 0) is 17.7 Å². The minimum absolute atomic E-state index is 0.235. The largest absolute Gasteiger partial charge is 0.454 e. The number of rotatable bonds is 6. The Hall–Kier alpha value is -2.25. The molecule has 1 atom stereocenters. The van der Waals surface area contributed by atoms with Crippen LogP contribution in [0, 0.1) is 11.3 Å². The van der Waals surface area contributed by atoms with Crippen LogP contribution in [0.4, 0.5) is 0 Å². The lowest BCUT2D eigenvalue weighted by Crippen LogP contribution is -2.28.